The topological polar surface area (TPSA) is 92.9 Å². The number of anilines is 2. The number of hydrogen-bond donors (Lipinski definition) is 5. The first-order valence-electron chi connectivity index (χ1n) is 8.83. The number of nitrogens with one attached hydrogen (secondary N) is 5. The third kappa shape index (κ3) is 2.91. The molecule has 2 aliphatic rings. The van der Waals surface area contributed by atoms with Gasteiger partial charge in [-0.1, -0.05) is 24.3 Å². The Morgan fingerprint density at radius 3 is 3.04 bits per heavy atom. The molecule has 1 aliphatic heterocycles. The Morgan fingerprint density at radius 2 is 2.15 bits per heavy atom. The summed E-state index contributed by atoms with van der Waals surface area (Å²) >= 11 is 0. The van der Waals surface area contributed by atoms with Crippen LogP contribution in [-0.2, 0) is 6.42 Å². The molecule has 0 saturated heterocycles. The van der Waals surface area contributed by atoms with Crippen LogP contribution >= 0.6 is 0 Å². The number of rotatable bonds is 5. The first-order chi connectivity index (χ1) is 13.3. The second-order valence-corrected chi connectivity index (χ2v) is 6.56. The summed E-state index contributed by atoms with van der Waals surface area (Å²) in [6.45, 7) is -0.650. The largest absolute Gasteiger partial charge is 0.363 e. The van der Waals surface area contributed by atoms with Gasteiger partial charge in [-0.2, -0.15) is 9.97 Å². The van der Waals surface area contributed by atoms with Gasteiger partial charge in [-0.15, -0.1) is 5.53 Å². The van der Waals surface area contributed by atoms with Crippen molar-refractivity contribution in [1.29, 1.82) is 0 Å². The quantitative estimate of drug-likeness (QED) is 0.443. The summed E-state index contributed by atoms with van der Waals surface area (Å²) in [5.74, 6) is 1.75. The second kappa shape index (κ2) is 6.44. The van der Waals surface area contributed by atoms with Gasteiger partial charge in [-0.3, -0.25) is 10.4 Å². The van der Waals surface area contributed by atoms with Crippen molar-refractivity contribution in [3.63, 3.8) is 0 Å². The molecule has 27 heavy (non-hydrogen) atoms. The van der Waals surface area contributed by atoms with E-state index in [-0.39, 0.29) is 6.04 Å². The van der Waals surface area contributed by atoms with Crippen LogP contribution in [0.15, 0.2) is 48.5 Å². The van der Waals surface area contributed by atoms with Crippen LogP contribution in [0.25, 0.3) is 11.0 Å². The van der Waals surface area contributed by atoms with E-state index in [1.165, 1.54) is 16.1 Å². The van der Waals surface area contributed by atoms with Gasteiger partial charge < -0.3 is 15.6 Å². The lowest BCUT2D eigenvalue weighted by Gasteiger charge is -2.16. The molecule has 8 nitrogen and oxygen atoms in total. The van der Waals surface area contributed by atoms with E-state index in [2.05, 4.69) is 60.8 Å². The fourth-order valence-electron chi connectivity index (χ4n) is 3.58. The second-order valence-electron chi connectivity index (χ2n) is 6.56. The van der Waals surface area contributed by atoms with Crippen molar-refractivity contribution in [3.8, 4) is 0 Å². The molecule has 1 atom stereocenters. The molecule has 5 rings (SSSR count). The maximum atomic E-state index is 12.7. The Morgan fingerprint density at radius 1 is 1.22 bits per heavy atom. The Labute approximate surface area is 154 Å². The van der Waals surface area contributed by atoms with Gasteiger partial charge in [-0.05, 0) is 30.0 Å². The SMILES string of the molecule is FCN1C=C(Nc2nc(N[C@H]3CCc4ccccc43)c3cc[nH]c3n2)NN1. The molecule has 9 heteroatoms. The molecule has 0 fully saturated rings. The molecular formula is C18H19FN8. The average Bonchev–Trinajstić information content (AvgIpc) is 3.42. The van der Waals surface area contributed by atoms with Crippen molar-refractivity contribution in [2.75, 3.05) is 17.4 Å². The van der Waals surface area contributed by atoms with Gasteiger partial charge in [-0.25, -0.2) is 4.39 Å². The van der Waals surface area contributed by atoms with Crippen LogP contribution < -0.4 is 21.6 Å². The van der Waals surface area contributed by atoms with Crippen molar-refractivity contribution in [2.24, 2.45) is 0 Å². The maximum absolute atomic E-state index is 12.7. The molecule has 3 heterocycles. The van der Waals surface area contributed by atoms with E-state index in [9.17, 15) is 4.39 Å². The number of aryl methyl sites for hydroxylation is 1. The number of aromatic amines is 1. The summed E-state index contributed by atoms with van der Waals surface area (Å²) < 4.78 is 12.7. The fourth-order valence-corrected chi connectivity index (χ4v) is 3.58. The molecule has 3 aromatic rings. The van der Waals surface area contributed by atoms with Crippen molar-refractivity contribution < 1.29 is 4.39 Å². The van der Waals surface area contributed by atoms with E-state index in [1.54, 1.807) is 6.20 Å². The Hall–Kier alpha value is -3.33. The zero-order valence-corrected chi connectivity index (χ0v) is 14.5. The lowest BCUT2D eigenvalue weighted by Crippen LogP contribution is -2.36. The zero-order valence-electron chi connectivity index (χ0n) is 14.5. The summed E-state index contributed by atoms with van der Waals surface area (Å²) in [6.07, 6.45) is 5.50. The number of nitrogens with zero attached hydrogens (tertiary/aromatic N) is 3. The third-order valence-corrected chi connectivity index (χ3v) is 4.85. The molecule has 0 unspecified atom stereocenters. The van der Waals surface area contributed by atoms with E-state index in [4.69, 9.17) is 0 Å². The summed E-state index contributed by atoms with van der Waals surface area (Å²) in [4.78, 5) is 12.3. The van der Waals surface area contributed by atoms with Crippen LogP contribution in [0.1, 0.15) is 23.6 Å². The zero-order chi connectivity index (χ0) is 18.2. The van der Waals surface area contributed by atoms with Gasteiger partial charge in [0.2, 0.25) is 5.95 Å². The van der Waals surface area contributed by atoms with E-state index in [0.717, 1.165) is 29.7 Å². The number of H-pyrrole nitrogens is 1. The maximum Gasteiger partial charge on any atom is 0.232 e. The highest BCUT2D eigenvalue weighted by atomic mass is 19.1. The number of aromatic nitrogens is 3. The number of fused-ring (bicyclic) bond motifs is 2. The van der Waals surface area contributed by atoms with Crippen LogP contribution in [0, 0.1) is 0 Å². The monoisotopic (exact) mass is 366 g/mol. The molecule has 0 bridgehead atoms. The Kier molecular flexibility index (Phi) is 3.79. The van der Waals surface area contributed by atoms with Crippen molar-refractivity contribution in [1.82, 2.24) is 30.9 Å². The van der Waals surface area contributed by atoms with Gasteiger partial charge in [0.05, 0.1) is 17.6 Å². The predicted molar refractivity (Wildman–Crippen MR) is 101 cm³/mol. The van der Waals surface area contributed by atoms with Crippen LogP contribution in [-0.4, -0.2) is 26.8 Å². The molecule has 2 aromatic heterocycles. The van der Waals surface area contributed by atoms with Crippen LogP contribution in [0.2, 0.25) is 0 Å². The number of hydrogen-bond acceptors (Lipinski definition) is 7. The predicted octanol–water partition coefficient (Wildman–Crippen LogP) is 2.52. The highest BCUT2D eigenvalue weighted by molar-refractivity contribution is 5.88. The van der Waals surface area contributed by atoms with Crippen LogP contribution in [0.5, 0.6) is 0 Å². The van der Waals surface area contributed by atoms with E-state index < -0.39 is 6.80 Å². The highest BCUT2D eigenvalue weighted by Gasteiger charge is 2.23. The Balaban J connectivity index is 1.45. The lowest BCUT2D eigenvalue weighted by molar-refractivity contribution is 0.185. The van der Waals surface area contributed by atoms with Crippen molar-refractivity contribution in [3.05, 3.63) is 59.7 Å². The summed E-state index contributed by atoms with van der Waals surface area (Å²) in [7, 11) is 0. The summed E-state index contributed by atoms with van der Waals surface area (Å²) in [5.41, 5.74) is 8.92. The highest BCUT2D eigenvalue weighted by Crippen LogP contribution is 2.35. The van der Waals surface area contributed by atoms with E-state index >= 15 is 0 Å². The van der Waals surface area contributed by atoms with Crippen LogP contribution in [0.3, 0.4) is 0 Å². The van der Waals surface area contributed by atoms with Gasteiger partial charge in [0, 0.05) is 6.20 Å². The van der Waals surface area contributed by atoms with Gasteiger partial charge in [0.15, 0.2) is 6.80 Å². The first kappa shape index (κ1) is 15.9. The van der Waals surface area contributed by atoms with Gasteiger partial charge >= 0.3 is 0 Å². The summed E-state index contributed by atoms with van der Waals surface area (Å²) in [6, 6.07) is 10.7. The van der Waals surface area contributed by atoms with E-state index in [1.807, 2.05) is 12.3 Å². The lowest BCUT2D eigenvalue weighted by atomic mass is 10.1. The molecule has 1 aliphatic carbocycles. The molecular weight excluding hydrogens is 347 g/mol. The number of halogens is 1. The van der Waals surface area contributed by atoms with Crippen molar-refractivity contribution >= 4 is 22.8 Å². The number of benzene rings is 1. The minimum Gasteiger partial charge on any atom is -0.363 e. The number of alkyl halides is 1. The van der Waals surface area contributed by atoms with E-state index in [0.29, 0.717) is 11.8 Å². The fraction of sp³-hybridized carbons (Fsp3) is 0.222. The standard InChI is InChI=1S/C18H19FN8/c19-10-27-9-15(25-26-27)22-18-23-16-13(7-8-20-16)17(24-18)21-14-6-5-11-3-1-2-4-12(11)14/h1-4,7-9,14,25-26H,5-6,10H2,(H3,20,21,22,23,24)/t14-/m0/s1. The normalized spacial score (nSPS) is 18.3. The molecule has 0 radical (unpaired) electrons. The molecule has 0 saturated carbocycles. The molecule has 1 aromatic carbocycles. The third-order valence-electron chi connectivity index (χ3n) is 4.85. The van der Waals surface area contributed by atoms with Gasteiger partial charge in [0.1, 0.15) is 17.3 Å². The minimum absolute atomic E-state index is 0.217. The summed E-state index contributed by atoms with van der Waals surface area (Å²) in [5, 5.41) is 8.84. The molecule has 0 spiro atoms. The van der Waals surface area contributed by atoms with Crippen molar-refractivity contribution in [2.45, 2.75) is 18.9 Å². The number of hydrazine groups is 2. The minimum atomic E-state index is -0.650. The van der Waals surface area contributed by atoms with Crippen LogP contribution in [0.4, 0.5) is 16.2 Å². The smallest absolute Gasteiger partial charge is 0.232 e. The first-order valence-corrected chi connectivity index (χ1v) is 8.83. The molecule has 5 N–H and O–H groups in total. The molecule has 138 valence electrons. The van der Waals surface area contributed by atoms with Gasteiger partial charge in [0.25, 0.3) is 0 Å². The Bertz CT molecular complexity index is 1010. The molecule has 0 amide bonds. The average molecular weight is 366 g/mol.